The van der Waals surface area contributed by atoms with Gasteiger partial charge in [0, 0.05) is 64.1 Å². The molecule has 194 valence electrons. The van der Waals surface area contributed by atoms with Crippen molar-refractivity contribution in [3.05, 3.63) is 86.6 Å². The Labute approximate surface area is 211 Å². The van der Waals surface area contributed by atoms with Gasteiger partial charge in [-0.2, -0.15) is 4.31 Å². The Morgan fingerprint density at radius 3 is 2.22 bits per heavy atom. The molecule has 12 heteroatoms. The molecule has 0 unspecified atom stereocenters. The van der Waals surface area contributed by atoms with Crippen LogP contribution in [-0.4, -0.2) is 57.9 Å². The molecular weight excluding hydrogens is 504 g/mol. The highest BCUT2D eigenvalue weighted by Crippen LogP contribution is 2.25. The number of hydrogen-bond donors (Lipinski definition) is 1. The second kappa shape index (κ2) is 9.36. The third-order valence-electron chi connectivity index (χ3n) is 6.79. The number of aryl methyl sites for hydroxylation is 1. The van der Waals surface area contributed by atoms with Gasteiger partial charge in [0.15, 0.2) is 0 Å². The molecule has 1 N–H and O–H groups in total. The minimum atomic E-state index is -3.75. The van der Waals surface area contributed by atoms with E-state index in [9.17, 15) is 26.8 Å². The van der Waals surface area contributed by atoms with Crippen LogP contribution < -0.4 is 11.2 Å². The molecule has 2 aromatic carbocycles. The summed E-state index contributed by atoms with van der Waals surface area (Å²) >= 11 is 0. The van der Waals surface area contributed by atoms with Crippen LogP contribution in [0.1, 0.15) is 5.56 Å². The zero-order valence-corrected chi connectivity index (χ0v) is 21.1. The van der Waals surface area contributed by atoms with Gasteiger partial charge in [-0.3, -0.25) is 18.8 Å². The Balaban J connectivity index is 1.31. The van der Waals surface area contributed by atoms with E-state index in [1.807, 2.05) is 4.90 Å². The summed E-state index contributed by atoms with van der Waals surface area (Å²) in [6, 6.07) is 11.4. The average molecular weight is 530 g/mol. The first-order valence-electron chi connectivity index (χ1n) is 11.6. The van der Waals surface area contributed by atoms with E-state index in [1.165, 1.54) is 40.2 Å². The van der Waals surface area contributed by atoms with Crippen LogP contribution in [0.3, 0.4) is 0 Å². The Morgan fingerprint density at radius 1 is 0.892 bits per heavy atom. The van der Waals surface area contributed by atoms with E-state index in [0.29, 0.717) is 35.4 Å². The van der Waals surface area contributed by atoms with E-state index in [-0.39, 0.29) is 30.0 Å². The molecule has 9 nitrogen and oxygen atoms in total. The fourth-order valence-corrected chi connectivity index (χ4v) is 6.01. The van der Waals surface area contributed by atoms with Crippen LogP contribution in [0.4, 0.5) is 8.78 Å². The summed E-state index contributed by atoms with van der Waals surface area (Å²) in [6.07, 6.45) is 0. The van der Waals surface area contributed by atoms with Crippen LogP contribution in [0.5, 0.6) is 0 Å². The number of nitrogens with zero attached hydrogens (tertiary/aromatic N) is 4. The van der Waals surface area contributed by atoms with Crippen molar-refractivity contribution in [1.82, 2.24) is 23.3 Å². The quantitative estimate of drug-likeness (QED) is 0.427. The monoisotopic (exact) mass is 529 g/mol. The molecule has 1 aliphatic rings. The van der Waals surface area contributed by atoms with Crippen LogP contribution in [-0.2, 0) is 30.7 Å². The Kier molecular flexibility index (Phi) is 6.34. The fourth-order valence-electron chi connectivity index (χ4n) is 4.58. The molecule has 0 spiro atoms. The van der Waals surface area contributed by atoms with Crippen LogP contribution in [0.15, 0.2) is 63.0 Å². The lowest BCUT2D eigenvalue weighted by atomic mass is 10.1. The molecule has 0 bridgehead atoms. The molecule has 4 aromatic rings. The second-order valence-corrected chi connectivity index (χ2v) is 11.0. The number of benzene rings is 2. The summed E-state index contributed by atoms with van der Waals surface area (Å²) in [5.41, 5.74) is 1.48. The maximum Gasteiger partial charge on any atom is 0.331 e. The molecule has 37 heavy (non-hydrogen) atoms. The van der Waals surface area contributed by atoms with Crippen molar-refractivity contribution in [2.45, 2.75) is 11.4 Å². The maximum atomic E-state index is 14.0. The Bertz CT molecular complexity index is 1720. The molecule has 2 aromatic heterocycles. The maximum absolute atomic E-state index is 14.0. The van der Waals surface area contributed by atoms with Gasteiger partial charge in [-0.05, 0) is 29.8 Å². The average Bonchev–Trinajstić information content (AvgIpc) is 3.34. The van der Waals surface area contributed by atoms with Crippen LogP contribution in [0.25, 0.3) is 22.3 Å². The summed E-state index contributed by atoms with van der Waals surface area (Å²) in [7, 11) is -0.762. The van der Waals surface area contributed by atoms with Crippen molar-refractivity contribution in [2.75, 3.05) is 26.2 Å². The number of halogens is 2. The minimum Gasteiger partial charge on any atom is -0.349 e. The first kappa shape index (κ1) is 25.1. The van der Waals surface area contributed by atoms with Gasteiger partial charge in [-0.15, -0.1) is 0 Å². The molecule has 5 rings (SSSR count). The largest absolute Gasteiger partial charge is 0.349 e. The van der Waals surface area contributed by atoms with Crippen LogP contribution in [0.2, 0.25) is 0 Å². The van der Waals surface area contributed by atoms with Crippen molar-refractivity contribution >= 4 is 21.1 Å². The SMILES string of the molecule is Cn1c(=O)c2[nH]c(-c3ccc(S(=O)(=O)N4CCN(Cc5ccc(F)cc5F)CC4)cc3)cc2n(C)c1=O. The molecule has 1 saturated heterocycles. The van der Waals surface area contributed by atoms with Crippen molar-refractivity contribution in [1.29, 1.82) is 0 Å². The van der Waals surface area contributed by atoms with Gasteiger partial charge >= 0.3 is 5.69 Å². The summed E-state index contributed by atoms with van der Waals surface area (Å²) < 4.78 is 57.3. The molecule has 1 aliphatic heterocycles. The van der Waals surface area contributed by atoms with E-state index in [4.69, 9.17) is 0 Å². The lowest BCUT2D eigenvalue weighted by Gasteiger charge is -2.34. The predicted octanol–water partition coefficient (Wildman–Crippen LogP) is 2.02. The number of aromatic amines is 1. The van der Waals surface area contributed by atoms with Crippen molar-refractivity contribution in [2.24, 2.45) is 14.1 Å². The number of aromatic nitrogens is 3. The molecular formula is C25H25F2N5O4S. The molecule has 1 fully saturated rings. The van der Waals surface area contributed by atoms with Gasteiger partial charge in [0.1, 0.15) is 17.2 Å². The van der Waals surface area contributed by atoms with E-state index in [2.05, 4.69) is 4.98 Å². The van der Waals surface area contributed by atoms with E-state index in [1.54, 1.807) is 25.2 Å². The van der Waals surface area contributed by atoms with Gasteiger partial charge in [0.2, 0.25) is 10.0 Å². The van der Waals surface area contributed by atoms with E-state index in [0.717, 1.165) is 10.6 Å². The second-order valence-electron chi connectivity index (χ2n) is 9.09. The van der Waals surface area contributed by atoms with Gasteiger partial charge in [0.05, 0.1) is 10.4 Å². The number of rotatable bonds is 5. The fraction of sp³-hybridized carbons (Fsp3) is 0.280. The Morgan fingerprint density at radius 2 is 1.57 bits per heavy atom. The first-order chi connectivity index (χ1) is 17.6. The Hall–Kier alpha value is -3.61. The van der Waals surface area contributed by atoms with Crippen LogP contribution >= 0.6 is 0 Å². The summed E-state index contributed by atoms with van der Waals surface area (Å²) in [4.78, 5) is 29.8. The smallest absolute Gasteiger partial charge is 0.331 e. The summed E-state index contributed by atoms with van der Waals surface area (Å²) in [5.74, 6) is -1.25. The lowest BCUT2D eigenvalue weighted by Crippen LogP contribution is -2.48. The minimum absolute atomic E-state index is 0.133. The number of fused-ring (bicyclic) bond motifs is 1. The third kappa shape index (κ3) is 4.52. The number of piperazine rings is 1. The number of H-pyrrole nitrogens is 1. The molecule has 3 heterocycles. The number of nitrogens with one attached hydrogen (secondary N) is 1. The highest BCUT2D eigenvalue weighted by Gasteiger charge is 2.29. The third-order valence-corrected chi connectivity index (χ3v) is 8.71. The van der Waals surface area contributed by atoms with Crippen molar-refractivity contribution < 1.29 is 17.2 Å². The standard InChI is InChI=1S/C25H25F2N5O4S/c1-29-22-14-21(28-23(22)24(33)30(2)25(29)34)16-4-7-19(8-5-16)37(35,36)32-11-9-31(10-12-32)15-17-3-6-18(26)13-20(17)27/h3-8,13-14,28H,9-12,15H2,1-2H3. The number of hydrogen-bond acceptors (Lipinski definition) is 5. The first-order valence-corrected chi connectivity index (χ1v) is 13.1. The summed E-state index contributed by atoms with van der Waals surface area (Å²) in [5, 5.41) is 0. The van der Waals surface area contributed by atoms with E-state index < -0.39 is 32.9 Å². The molecule has 0 radical (unpaired) electrons. The predicted molar refractivity (Wildman–Crippen MR) is 135 cm³/mol. The summed E-state index contributed by atoms with van der Waals surface area (Å²) in [6.45, 7) is 1.58. The number of sulfonamides is 1. The van der Waals surface area contributed by atoms with Gasteiger partial charge < -0.3 is 4.98 Å². The van der Waals surface area contributed by atoms with Gasteiger partial charge in [0.25, 0.3) is 5.56 Å². The van der Waals surface area contributed by atoms with Gasteiger partial charge in [-0.25, -0.2) is 22.0 Å². The lowest BCUT2D eigenvalue weighted by molar-refractivity contribution is 0.180. The highest BCUT2D eigenvalue weighted by molar-refractivity contribution is 7.89. The van der Waals surface area contributed by atoms with Crippen LogP contribution in [0, 0.1) is 11.6 Å². The molecule has 0 atom stereocenters. The highest BCUT2D eigenvalue weighted by atomic mass is 32.2. The molecule has 0 amide bonds. The molecule has 0 aliphatic carbocycles. The zero-order chi connectivity index (χ0) is 26.5. The van der Waals surface area contributed by atoms with Gasteiger partial charge in [-0.1, -0.05) is 18.2 Å². The topological polar surface area (TPSA) is 100 Å². The van der Waals surface area contributed by atoms with Crippen molar-refractivity contribution in [3.63, 3.8) is 0 Å². The zero-order valence-electron chi connectivity index (χ0n) is 20.2. The normalized spacial score (nSPS) is 15.5. The van der Waals surface area contributed by atoms with Crippen molar-refractivity contribution in [3.8, 4) is 11.3 Å². The van der Waals surface area contributed by atoms with E-state index >= 15 is 0 Å². The molecule has 0 saturated carbocycles.